The maximum absolute atomic E-state index is 10.7. The second-order valence-electron chi connectivity index (χ2n) is 3.20. The molecule has 0 aromatic carbocycles. The minimum Gasteiger partial charge on any atom is -0.476 e. The third kappa shape index (κ3) is 1.65. The lowest BCUT2D eigenvalue weighted by atomic mass is 10.00. The molecule has 1 fully saturated rings. The van der Waals surface area contributed by atoms with Gasteiger partial charge >= 0.3 is 5.97 Å². The predicted octanol–water partition coefficient (Wildman–Crippen LogP) is 1.58. The standard InChI is InChI=1S/C9H9BrN2O2/c10-6-3-5(7-1-2-11-7)4-12-8(6)9(13)14/h3-4,7,11H,1-2H2,(H,13,14)/t7-/m0/s1. The molecule has 1 aromatic heterocycles. The summed E-state index contributed by atoms with van der Waals surface area (Å²) < 4.78 is 0.538. The molecule has 5 heteroatoms. The number of aromatic nitrogens is 1. The molecule has 0 bridgehead atoms. The highest BCUT2D eigenvalue weighted by Gasteiger charge is 2.20. The summed E-state index contributed by atoms with van der Waals surface area (Å²) >= 11 is 3.20. The van der Waals surface area contributed by atoms with E-state index in [1.807, 2.05) is 6.07 Å². The van der Waals surface area contributed by atoms with Crippen LogP contribution in [0.3, 0.4) is 0 Å². The van der Waals surface area contributed by atoms with Gasteiger partial charge in [0.25, 0.3) is 0 Å². The molecule has 0 radical (unpaired) electrons. The lowest BCUT2D eigenvalue weighted by Crippen LogP contribution is -2.35. The van der Waals surface area contributed by atoms with Gasteiger partial charge in [-0.05, 0) is 40.5 Å². The van der Waals surface area contributed by atoms with Gasteiger partial charge in [0.1, 0.15) is 0 Å². The Morgan fingerprint density at radius 2 is 2.43 bits per heavy atom. The fourth-order valence-electron chi connectivity index (χ4n) is 1.37. The Bertz CT molecular complexity index is 377. The van der Waals surface area contributed by atoms with Crippen molar-refractivity contribution in [2.45, 2.75) is 12.5 Å². The van der Waals surface area contributed by atoms with Crippen LogP contribution in [0.15, 0.2) is 16.7 Å². The van der Waals surface area contributed by atoms with Crippen LogP contribution in [0.5, 0.6) is 0 Å². The molecule has 2 N–H and O–H groups in total. The van der Waals surface area contributed by atoms with E-state index in [-0.39, 0.29) is 5.69 Å². The van der Waals surface area contributed by atoms with E-state index in [0.29, 0.717) is 10.5 Å². The first kappa shape index (κ1) is 9.61. The molecule has 0 aliphatic carbocycles. The van der Waals surface area contributed by atoms with Crippen LogP contribution >= 0.6 is 15.9 Å². The van der Waals surface area contributed by atoms with Crippen LogP contribution in [0.2, 0.25) is 0 Å². The first-order chi connectivity index (χ1) is 6.68. The number of halogens is 1. The van der Waals surface area contributed by atoms with Gasteiger partial charge in [0, 0.05) is 12.2 Å². The molecule has 1 aliphatic rings. The number of carboxylic acid groups (broad SMARTS) is 1. The number of hydrogen-bond acceptors (Lipinski definition) is 3. The van der Waals surface area contributed by atoms with Crippen molar-refractivity contribution in [3.63, 3.8) is 0 Å². The number of nitrogens with one attached hydrogen (secondary N) is 1. The van der Waals surface area contributed by atoms with Crippen molar-refractivity contribution in [1.82, 2.24) is 10.3 Å². The molecular weight excluding hydrogens is 248 g/mol. The topological polar surface area (TPSA) is 62.2 Å². The van der Waals surface area contributed by atoms with Crippen molar-refractivity contribution in [2.75, 3.05) is 6.54 Å². The monoisotopic (exact) mass is 256 g/mol. The SMILES string of the molecule is O=C(O)c1ncc([C@@H]2CCN2)cc1Br. The maximum Gasteiger partial charge on any atom is 0.355 e. The van der Waals surface area contributed by atoms with Crippen LogP contribution in [0.25, 0.3) is 0 Å². The van der Waals surface area contributed by atoms with Gasteiger partial charge in [0.05, 0.1) is 4.47 Å². The van der Waals surface area contributed by atoms with Crippen molar-refractivity contribution in [3.8, 4) is 0 Å². The van der Waals surface area contributed by atoms with Gasteiger partial charge in [-0.1, -0.05) is 0 Å². The van der Waals surface area contributed by atoms with E-state index in [4.69, 9.17) is 5.11 Å². The third-order valence-electron chi connectivity index (χ3n) is 2.29. The van der Waals surface area contributed by atoms with Crippen LogP contribution in [0.4, 0.5) is 0 Å². The number of carbonyl (C=O) groups is 1. The lowest BCUT2D eigenvalue weighted by molar-refractivity contribution is 0.0689. The van der Waals surface area contributed by atoms with E-state index in [2.05, 4.69) is 26.2 Å². The van der Waals surface area contributed by atoms with Crippen LogP contribution in [0, 0.1) is 0 Å². The Hall–Kier alpha value is -0.940. The van der Waals surface area contributed by atoms with Crippen molar-refractivity contribution in [1.29, 1.82) is 0 Å². The Balaban J connectivity index is 2.30. The summed E-state index contributed by atoms with van der Waals surface area (Å²) in [6.45, 7) is 1.02. The molecule has 2 rings (SSSR count). The van der Waals surface area contributed by atoms with Gasteiger partial charge in [-0.25, -0.2) is 9.78 Å². The zero-order valence-electron chi connectivity index (χ0n) is 7.33. The number of nitrogens with zero attached hydrogens (tertiary/aromatic N) is 1. The van der Waals surface area contributed by atoms with Crippen LogP contribution in [-0.2, 0) is 0 Å². The Kier molecular flexibility index (Phi) is 2.52. The molecule has 0 amide bonds. The maximum atomic E-state index is 10.7. The van der Waals surface area contributed by atoms with Crippen molar-refractivity contribution < 1.29 is 9.90 Å². The number of carboxylic acids is 1. The zero-order valence-corrected chi connectivity index (χ0v) is 8.91. The highest BCUT2D eigenvalue weighted by Crippen LogP contribution is 2.25. The van der Waals surface area contributed by atoms with E-state index in [1.165, 1.54) is 0 Å². The Morgan fingerprint density at radius 1 is 1.71 bits per heavy atom. The van der Waals surface area contributed by atoms with E-state index < -0.39 is 5.97 Å². The van der Waals surface area contributed by atoms with Gasteiger partial charge in [-0.15, -0.1) is 0 Å². The third-order valence-corrected chi connectivity index (χ3v) is 2.90. The summed E-state index contributed by atoms with van der Waals surface area (Å²) in [5.41, 5.74) is 1.10. The number of aromatic carboxylic acids is 1. The molecule has 1 saturated heterocycles. The van der Waals surface area contributed by atoms with Crippen LogP contribution < -0.4 is 5.32 Å². The minimum atomic E-state index is -1.01. The quantitative estimate of drug-likeness (QED) is 0.844. The Labute approximate surface area is 89.5 Å². The second-order valence-corrected chi connectivity index (χ2v) is 4.05. The second kappa shape index (κ2) is 3.67. The summed E-state index contributed by atoms with van der Waals surface area (Å²) in [5, 5.41) is 12.0. The fraction of sp³-hybridized carbons (Fsp3) is 0.333. The summed E-state index contributed by atoms with van der Waals surface area (Å²) in [4.78, 5) is 14.6. The van der Waals surface area contributed by atoms with Gasteiger partial charge in [-0.2, -0.15) is 0 Å². The minimum absolute atomic E-state index is 0.0630. The molecule has 0 spiro atoms. The first-order valence-corrected chi connectivity index (χ1v) is 5.10. The summed E-state index contributed by atoms with van der Waals surface area (Å²) in [5.74, 6) is -1.01. The van der Waals surface area contributed by atoms with E-state index in [0.717, 1.165) is 18.5 Å². The molecule has 14 heavy (non-hydrogen) atoms. The van der Waals surface area contributed by atoms with Gasteiger partial charge < -0.3 is 10.4 Å². The fourth-order valence-corrected chi connectivity index (χ4v) is 1.91. The van der Waals surface area contributed by atoms with Crippen LogP contribution in [-0.4, -0.2) is 22.6 Å². The predicted molar refractivity (Wildman–Crippen MR) is 54.3 cm³/mol. The van der Waals surface area contributed by atoms with E-state index >= 15 is 0 Å². The molecular formula is C9H9BrN2O2. The van der Waals surface area contributed by atoms with Crippen molar-refractivity contribution >= 4 is 21.9 Å². The number of rotatable bonds is 2. The van der Waals surface area contributed by atoms with E-state index in [1.54, 1.807) is 6.20 Å². The normalized spacial score (nSPS) is 20.2. The number of pyridine rings is 1. The molecule has 74 valence electrons. The number of hydrogen-bond donors (Lipinski definition) is 2. The molecule has 1 atom stereocenters. The van der Waals surface area contributed by atoms with Crippen molar-refractivity contribution in [3.05, 3.63) is 28.0 Å². The average molecular weight is 257 g/mol. The smallest absolute Gasteiger partial charge is 0.355 e. The molecule has 1 aromatic rings. The average Bonchev–Trinajstić information content (AvgIpc) is 2.00. The molecule has 2 heterocycles. The molecule has 1 aliphatic heterocycles. The largest absolute Gasteiger partial charge is 0.476 e. The summed E-state index contributed by atoms with van der Waals surface area (Å²) in [7, 11) is 0. The summed E-state index contributed by atoms with van der Waals surface area (Å²) in [6, 6.07) is 2.15. The van der Waals surface area contributed by atoms with Crippen molar-refractivity contribution in [2.24, 2.45) is 0 Å². The highest BCUT2D eigenvalue weighted by atomic mass is 79.9. The zero-order chi connectivity index (χ0) is 10.1. The van der Waals surface area contributed by atoms with Crippen LogP contribution in [0.1, 0.15) is 28.5 Å². The molecule has 0 unspecified atom stereocenters. The highest BCUT2D eigenvalue weighted by molar-refractivity contribution is 9.10. The van der Waals surface area contributed by atoms with Gasteiger partial charge in [0.15, 0.2) is 5.69 Å². The summed E-state index contributed by atoms with van der Waals surface area (Å²) in [6.07, 6.45) is 2.70. The lowest BCUT2D eigenvalue weighted by Gasteiger charge is -2.27. The molecule has 4 nitrogen and oxygen atoms in total. The molecule has 0 saturated carbocycles. The first-order valence-electron chi connectivity index (χ1n) is 4.30. The van der Waals surface area contributed by atoms with E-state index in [9.17, 15) is 4.79 Å². The Morgan fingerprint density at radius 3 is 2.86 bits per heavy atom. The van der Waals surface area contributed by atoms with Gasteiger partial charge in [-0.3, -0.25) is 0 Å². The van der Waals surface area contributed by atoms with Gasteiger partial charge in [0.2, 0.25) is 0 Å².